The van der Waals surface area contributed by atoms with Crippen LogP contribution < -0.4 is 4.72 Å². The van der Waals surface area contributed by atoms with Gasteiger partial charge >= 0.3 is 5.97 Å². The first-order valence-corrected chi connectivity index (χ1v) is 6.41. The molecule has 2 N–H and O–H groups in total. The molecule has 9 heteroatoms. The molecule has 1 aliphatic carbocycles. The van der Waals surface area contributed by atoms with E-state index in [1.807, 2.05) is 4.72 Å². The fraction of sp³-hybridized carbons (Fsp3) is 0.444. The molecule has 1 fully saturated rings. The second-order valence-corrected chi connectivity index (χ2v) is 5.65. The van der Waals surface area contributed by atoms with Gasteiger partial charge in [-0.15, -0.1) is 0 Å². The summed E-state index contributed by atoms with van der Waals surface area (Å²) >= 11 is 0. The van der Waals surface area contributed by atoms with Gasteiger partial charge in [0.2, 0.25) is 10.9 Å². The average Bonchev–Trinajstić information content (AvgIpc) is 2.62. The zero-order valence-electron chi connectivity index (χ0n) is 8.89. The zero-order valence-corrected chi connectivity index (χ0v) is 9.71. The van der Waals surface area contributed by atoms with Crippen molar-refractivity contribution in [3.63, 3.8) is 0 Å². The van der Waals surface area contributed by atoms with Gasteiger partial charge < -0.3 is 9.52 Å². The summed E-state index contributed by atoms with van der Waals surface area (Å²) in [6.45, 7) is 0. The number of alkyl halides is 2. The summed E-state index contributed by atoms with van der Waals surface area (Å²) in [6.07, 6.45) is -1.14. The number of aromatic carboxylic acids is 1. The van der Waals surface area contributed by atoms with Crippen LogP contribution in [0.25, 0.3) is 0 Å². The third kappa shape index (κ3) is 2.51. The molecule has 0 saturated heterocycles. The molecule has 6 nitrogen and oxygen atoms in total. The van der Waals surface area contributed by atoms with Gasteiger partial charge in [0.15, 0.2) is 0 Å². The van der Waals surface area contributed by atoms with Crippen molar-refractivity contribution in [2.75, 3.05) is 0 Å². The van der Waals surface area contributed by atoms with Crippen LogP contribution >= 0.6 is 0 Å². The third-order valence-corrected chi connectivity index (χ3v) is 3.86. The summed E-state index contributed by atoms with van der Waals surface area (Å²) in [4.78, 5) is 10.5. The molecule has 0 radical (unpaired) electrons. The maximum atomic E-state index is 12.5. The maximum absolute atomic E-state index is 12.5. The van der Waals surface area contributed by atoms with Gasteiger partial charge in [-0.05, 0) is 12.1 Å². The molecule has 2 rings (SSSR count). The number of rotatable bonds is 4. The zero-order chi connectivity index (χ0) is 13.6. The summed E-state index contributed by atoms with van der Waals surface area (Å²) in [5.74, 6) is -4.79. The Bertz CT molecular complexity index is 572. The Kier molecular flexibility index (Phi) is 2.90. The first kappa shape index (κ1) is 13.0. The highest BCUT2D eigenvalue weighted by Crippen LogP contribution is 2.38. The monoisotopic (exact) mass is 281 g/mol. The average molecular weight is 281 g/mol. The minimum absolute atomic E-state index is 0.533. The number of nitrogens with one attached hydrogen (secondary N) is 1. The van der Waals surface area contributed by atoms with Crippen LogP contribution in [0, 0.1) is 0 Å². The Morgan fingerprint density at radius 1 is 1.44 bits per heavy atom. The lowest BCUT2D eigenvalue weighted by Gasteiger charge is -2.34. The largest absolute Gasteiger partial charge is 0.475 e. The first-order chi connectivity index (χ1) is 8.20. The van der Waals surface area contributed by atoms with Crippen LogP contribution in [0.3, 0.4) is 0 Å². The number of halogens is 2. The van der Waals surface area contributed by atoms with Gasteiger partial charge in [0.05, 0.1) is 0 Å². The molecule has 1 heterocycles. The van der Waals surface area contributed by atoms with Crippen LogP contribution in [0.4, 0.5) is 8.78 Å². The van der Waals surface area contributed by atoms with Crippen molar-refractivity contribution in [3.05, 3.63) is 17.9 Å². The number of hydrogen-bond acceptors (Lipinski definition) is 4. The van der Waals surface area contributed by atoms with Crippen molar-refractivity contribution in [1.29, 1.82) is 0 Å². The second-order valence-electron chi connectivity index (χ2n) is 4.01. The Morgan fingerprint density at radius 3 is 2.50 bits per heavy atom. The van der Waals surface area contributed by atoms with Crippen molar-refractivity contribution in [2.45, 2.75) is 29.9 Å². The molecule has 1 aromatic rings. The van der Waals surface area contributed by atoms with Gasteiger partial charge in [0.25, 0.3) is 15.9 Å². The normalized spacial score (nSPS) is 19.4. The third-order valence-electron chi connectivity index (χ3n) is 2.47. The lowest BCUT2D eigenvalue weighted by atomic mass is 9.89. The van der Waals surface area contributed by atoms with Gasteiger partial charge in [-0.1, -0.05) is 0 Å². The van der Waals surface area contributed by atoms with E-state index in [9.17, 15) is 22.0 Å². The van der Waals surface area contributed by atoms with E-state index in [1.165, 1.54) is 0 Å². The fourth-order valence-corrected chi connectivity index (χ4v) is 2.77. The summed E-state index contributed by atoms with van der Waals surface area (Å²) in [5, 5.41) is 7.96. The minimum atomic E-state index is -4.10. The predicted molar refractivity (Wildman–Crippen MR) is 54.0 cm³/mol. The van der Waals surface area contributed by atoms with E-state index >= 15 is 0 Å². The van der Waals surface area contributed by atoms with Gasteiger partial charge in [-0.2, -0.15) is 0 Å². The number of carboxylic acids is 1. The van der Waals surface area contributed by atoms with Crippen molar-refractivity contribution in [2.24, 2.45) is 0 Å². The molecule has 0 aromatic carbocycles. The first-order valence-electron chi connectivity index (χ1n) is 4.93. The van der Waals surface area contributed by atoms with Crippen LogP contribution in [0.2, 0.25) is 0 Å². The van der Waals surface area contributed by atoms with Crippen molar-refractivity contribution in [1.82, 2.24) is 4.72 Å². The maximum Gasteiger partial charge on any atom is 0.371 e. The van der Waals surface area contributed by atoms with Crippen molar-refractivity contribution < 1.29 is 31.5 Å². The van der Waals surface area contributed by atoms with Crippen LogP contribution in [-0.4, -0.2) is 31.5 Å². The van der Waals surface area contributed by atoms with E-state index in [-0.39, 0.29) is 0 Å². The van der Waals surface area contributed by atoms with Crippen molar-refractivity contribution >= 4 is 16.0 Å². The summed E-state index contributed by atoms with van der Waals surface area (Å²) in [5.41, 5.74) is 0. The molecule has 0 bridgehead atoms. The van der Waals surface area contributed by atoms with E-state index in [4.69, 9.17) is 5.11 Å². The Labute approximate surface area is 101 Å². The molecular weight excluding hydrogens is 272 g/mol. The number of sulfonamides is 1. The van der Waals surface area contributed by atoms with E-state index in [1.54, 1.807) is 0 Å². The highest BCUT2D eigenvalue weighted by molar-refractivity contribution is 7.89. The highest BCUT2D eigenvalue weighted by Gasteiger charge is 2.47. The van der Waals surface area contributed by atoms with Gasteiger partial charge in [0.1, 0.15) is 0 Å². The molecule has 0 aliphatic heterocycles. The predicted octanol–water partition coefficient (Wildman–Crippen LogP) is 1.05. The number of hydrogen-bond donors (Lipinski definition) is 2. The van der Waals surface area contributed by atoms with E-state index in [0.717, 1.165) is 12.1 Å². The van der Waals surface area contributed by atoms with Gasteiger partial charge in [-0.25, -0.2) is 26.7 Å². The molecule has 1 aromatic heterocycles. The van der Waals surface area contributed by atoms with Crippen LogP contribution in [0.5, 0.6) is 0 Å². The molecule has 0 atom stereocenters. The van der Waals surface area contributed by atoms with Crippen LogP contribution in [0.1, 0.15) is 23.4 Å². The van der Waals surface area contributed by atoms with Gasteiger partial charge in [-0.3, -0.25) is 0 Å². The molecule has 1 aliphatic rings. The van der Waals surface area contributed by atoms with Gasteiger partial charge in [0, 0.05) is 18.9 Å². The highest BCUT2D eigenvalue weighted by atomic mass is 32.2. The van der Waals surface area contributed by atoms with E-state index in [2.05, 4.69) is 4.42 Å². The Hall–Kier alpha value is -1.48. The summed E-state index contributed by atoms with van der Waals surface area (Å²) in [7, 11) is -4.10. The Morgan fingerprint density at radius 2 is 2.06 bits per heavy atom. The molecule has 1 saturated carbocycles. The SMILES string of the molecule is O=C(O)c1ccc(S(=O)(=O)NC2CC(F)(F)C2)o1. The smallest absolute Gasteiger partial charge is 0.371 e. The van der Waals surface area contributed by atoms with Crippen LogP contribution in [-0.2, 0) is 10.0 Å². The number of carboxylic acid groups (broad SMARTS) is 1. The minimum Gasteiger partial charge on any atom is -0.475 e. The summed E-state index contributed by atoms with van der Waals surface area (Å²) < 4.78 is 55.0. The molecule has 0 spiro atoms. The fourth-order valence-electron chi connectivity index (χ4n) is 1.60. The molecule has 0 unspecified atom stereocenters. The van der Waals surface area contributed by atoms with Crippen molar-refractivity contribution in [3.8, 4) is 0 Å². The van der Waals surface area contributed by atoms with E-state index in [0.29, 0.717) is 0 Å². The standard InChI is InChI=1S/C9H9F2NO5S/c10-9(11)3-5(4-9)12-18(15,16)7-2-1-6(17-7)8(13)14/h1-2,5,12H,3-4H2,(H,13,14). The molecular formula is C9H9F2NO5S. The summed E-state index contributed by atoms with van der Waals surface area (Å²) in [6, 6.07) is 1.08. The lowest BCUT2D eigenvalue weighted by molar-refractivity contribution is -0.0877. The number of furan rings is 1. The quantitative estimate of drug-likeness (QED) is 0.860. The molecule has 0 amide bonds. The number of carbonyl (C=O) groups is 1. The van der Waals surface area contributed by atoms with Crippen LogP contribution in [0.15, 0.2) is 21.6 Å². The topological polar surface area (TPSA) is 96.6 Å². The second kappa shape index (κ2) is 4.02. The lowest BCUT2D eigenvalue weighted by Crippen LogP contribution is -2.50. The molecule has 100 valence electrons. The Balaban J connectivity index is 2.09. The molecule has 18 heavy (non-hydrogen) atoms. The van der Waals surface area contributed by atoms with E-state index < -0.39 is 51.7 Å².